The maximum atomic E-state index is 13.1. The van der Waals surface area contributed by atoms with Crippen molar-refractivity contribution in [1.82, 2.24) is 9.97 Å². The summed E-state index contributed by atoms with van der Waals surface area (Å²) in [5.74, 6) is 0.757. The Kier molecular flexibility index (Phi) is 6.91. The minimum Gasteiger partial charge on any atom is -0.486 e. The second kappa shape index (κ2) is 10.00. The third-order valence-corrected chi connectivity index (χ3v) is 6.58. The van der Waals surface area contributed by atoms with Gasteiger partial charge in [0.2, 0.25) is 5.91 Å². The number of benzene rings is 2. The zero-order valence-corrected chi connectivity index (χ0v) is 19.0. The Bertz CT molecular complexity index is 1120. The molecule has 0 unspecified atom stereocenters. The van der Waals surface area contributed by atoms with Crippen LogP contribution < -0.4 is 9.64 Å². The quantitative estimate of drug-likeness (QED) is 0.362. The molecule has 4 rings (SSSR count). The molecular weight excluding hydrogens is 430 g/mol. The standard InChI is InChI=1S/C23H23N3O3S2/c1-16-7-9-18(10-8-16)29-14-21-24-17(15-30-21)13-22(27)26(11-12-28-2)23-25-19-5-3-4-6-20(19)31-23/h3-10,15H,11-14H2,1-2H3. The molecule has 1 amide bonds. The molecule has 6 nitrogen and oxygen atoms in total. The summed E-state index contributed by atoms with van der Waals surface area (Å²) >= 11 is 3.01. The van der Waals surface area contributed by atoms with E-state index in [1.165, 1.54) is 28.2 Å². The molecule has 0 saturated heterocycles. The van der Waals surface area contributed by atoms with Crippen LogP contribution in [-0.2, 0) is 22.6 Å². The Balaban J connectivity index is 1.42. The number of ether oxygens (including phenoxy) is 2. The van der Waals surface area contributed by atoms with Gasteiger partial charge >= 0.3 is 0 Å². The number of hydrogen-bond donors (Lipinski definition) is 0. The van der Waals surface area contributed by atoms with E-state index in [0.29, 0.717) is 24.9 Å². The number of para-hydroxylation sites is 1. The Morgan fingerprint density at radius 3 is 2.68 bits per heavy atom. The number of rotatable bonds is 9. The van der Waals surface area contributed by atoms with Gasteiger partial charge in [0.05, 0.1) is 35.5 Å². The van der Waals surface area contributed by atoms with E-state index < -0.39 is 0 Å². The summed E-state index contributed by atoms with van der Waals surface area (Å²) in [5, 5.41) is 3.44. The number of aromatic nitrogens is 2. The molecule has 0 saturated carbocycles. The highest BCUT2D eigenvalue weighted by Gasteiger charge is 2.21. The van der Waals surface area contributed by atoms with Crippen molar-refractivity contribution in [3.8, 4) is 5.75 Å². The fraction of sp³-hybridized carbons (Fsp3) is 0.261. The van der Waals surface area contributed by atoms with E-state index in [2.05, 4.69) is 9.97 Å². The molecule has 2 aromatic heterocycles. The second-order valence-electron chi connectivity index (χ2n) is 7.01. The highest BCUT2D eigenvalue weighted by atomic mass is 32.1. The first kappa shape index (κ1) is 21.4. The molecule has 4 aromatic rings. The molecule has 2 aromatic carbocycles. The van der Waals surface area contributed by atoms with Crippen LogP contribution in [0.15, 0.2) is 53.9 Å². The second-order valence-corrected chi connectivity index (χ2v) is 8.97. The van der Waals surface area contributed by atoms with Crippen molar-refractivity contribution in [2.24, 2.45) is 0 Å². The van der Waals surface area contributed by atoms with Crippen LogP contribution in [0.4, 0.5) is 5.13 Å². The number of aryl methyl sites for hydroxylation is 1. The van der Waals surface area contributed by atoms with Gasteiger partial charge in [0.15, 0.2) is 5.13 Å². The Hall–Kier alpha value is -2.81. The van der Waals surface area contributed by atoms with Crippen molar-refractivity contribution in [3.63, 3.8) is 0 Å². The van der Waals surface area contributed by atoms with Crippen LogP contribution in [0, 0.1) is 6.92 Å². The average Bonchev–Trinajstić information content (AvgIpc) is 3.40. The van der Waals surface area contributed by atoms with Crippen LogP contribution in [-0.4, -0.2) is 36.1 Å². The predicted octanol–water partition coefficient (Wildman–Crippen LogP) is 4.86. The number of anilines is 1. The number of carbonyl (C=O) groups is 1. The molecule has 0 spiro atoms. The SMILES string of the molecule is COCCN(C(=O)Cc1csc(COc2ccc(C)cc2)n1)c1nc2ccccc2s1. The summed E-state index contributed by atoms with van der Waals surface area (Å²) in [6.45, 7) is 3.31. The topological polar surface area (TPSA) is 64.5 Å². The van der Waals surface area contributed by atoms with Crippen LogP contribution in [0.3, 0.4) is 0 Å². The first-order chi connectivity index (χ1) is 15.1. The monoisotopic (exact) mass is 453 g/mol. The number of nitrogens with zero attached hydrogens (tertiary/aromatic N) is 3. The minimum absolute atomic E-state index is 0.0487. The van der Waals surface area contributed by atoms with Crippen molar-refractivity contribution in [2.45, 2.75) is 20.0 Å². The van der Waals surface area contributed by atoms with Gasteiger partial charge in [-0.15, -0.1) is 11.3 Å². The first-order valence-corrected chi connectivity index (χ1v) is 11.6. The van der Waals surface area contributed by atoms with Crippen molar-refractivity contribution < 1.29 is 14.3 Å². The summed E-state index contributed by atoms with van der Waals surface area (Å²) in [6, 6.07) is 15.8. The summed E-state index contributed by atoms with van der Waals surface area (Å²) in [5.41, 5.74) is 2.82. The molecule has 0 aliphatic carbocycles. The number of carbonyl (C=O) groups excluding carboxylic acids is 1. The number of fused-ring (bicyclic) bond motifs is 1. The lowest BCUT2D eigenvalue weighted by Crippen LogP contribution is -2.35. The molecule has 0 atom stereocenters. The molecule has 0 aliphatic rings. The van der Waals surface area contributed by atoms with E-state index in [4.69, 9.17) is 9.47 Å². The summed E-state index contributed by atoms with van der Waals surface area (Å²) < 4.78 is 12.1. The molecule has 0 fully saturated rings. The zero-order chi connectivity index (χ0) is 21.6. The fourth-order valence-corrected chi connectivity index (χ4v) is 4.73. The molecule has 31 heavy (non-hydrogen) atoms. The van der Waals surface area contributed by atoms with Crippen molar-refractivity contribution in [2.75, 3.05) is 25.2 Å². The van der Waals surface area contributed by atoms with Crippen molar-refractivity contribution in [3.05, 3.63) is 70.2 Å². The number of methoxy groups -OCH3 is 1. The van der Waals surface area contributed by atoms with Gasteiger partial charge in [-0.25, -0.2) is 9.97 Å². The highest BCUT2D eigenvalue weighted by molar-refractivity contribution is 7.22. The van der Waals surface area contributed by atoms with Gasteiger partial charge in [-0.1, -0.05) is 41.2 Å². The molecule has 0 bridgehead atoms. The third kappa shape index (κ3) is 5.46. The number of hydrogen-bond acceptors (Lipinski definition) is 7. The third-order valence-electron chi connectivity index (χ3n) is 4.65. The van der Waals surface area contributed by atoms with E-state index in [-0.39, 0.29) is 12.3 Å². The Labute approximate surface area is 189 Å². The lowest BCUT2D eigenvalue weighted by atomic mass is 10.2. The van der Waals surface area contributed by atoms with Gasteiger partial charge in [0, 0.05) is 12.5 Å². The van der Waals surface area contributed by atoms with Gasteiger partial charge in [-0.2, -0.15) is 0 Å². The van der Waals surface area contributed by atoms with Crippen LogP contribution in [0.25, 0.3) is 10.2 Å². The van der Waals surface area contributed by atoms with Gasteiger partial charge in [0.1, 0.15) is 17.4 Å². The molecule has 0 radical (unpaired) electrons. The van der Waals surface area contributed by atoms with E-state index in [0.717, 1.165) is 26.7 Å². The van der Waals surface area contributed by atoms with Crippen LogP contribution in [0.1, 0.15) is 16.3 Å². The van der Waals surface area contributed by atoms with Crippen LogP contribution in [0.5, 0.6) is 5.75 Å². The smallest absolute Gasteiger partial charge is 0.234 e. The lowest BCUT2D eigenvalue weighted by molar-refractivity contribution is -0.118. The summed E-state index contributed by atoms with van der Waals surface area (Å²) in [4.78, 5) is 24.0. The summed E-state index contributed by atoms with van der Waals surface area (Å²) in [6.07, 6.45) is 0.209. The molecule has 160 valence electrons. The van der Waals surface area contributed by atoms with E-state index >= 15 is 0 Å². The van der Waals surface area contributed by atoms with E-state index in [9.17, 15) is 4.79 Å². The molecule has 2 heterocycles. The Morgan fingerprint density at radius 2 is 1.90 bits per heavy atom. The van der Waals surface area contributed by atoms with Crippen LogP contribution in [0.2, 0.25) is 0 Å². The van der Waals surface area contributed by atoms with Gasteiger partial charge in [0.25, 0.3) is 0 Å². The zero-order valence-electron chi connectivity index (χ0n) is 17.4. The largest absolute Gasteiger partial charge is 0.486 e. The van der Waals surface area contributed by atoms with Crippen molar-refractivity contribution >= 4 is 43.9 Å². The minimum atomic E-state index is -0.0487. The van der Waals surface area contributed by atoms with E-state index in [1.807, 2.05) is 60.8 Å². The molecule has 8 heteroatoms. The number of thiazole rings is 2. The molecular formula is C23H23N3O3S2. The lowest BCUT2D eigenvalue weighted by Gasteiger charge is -2.19. The number of amides is 1. The van der Waals surface area contributed by atoms with E-state index in [1.54, 1.807) is 12.0 Å². The molecule has 0 N–H and O–H groups in total. The predicted molar refractivity (Wildman–Crippen MR) is 125 cm³/mol. The van der Waals surface area contributed by atoms with Gasteiger partial charge < -0.3 is 9.47 Å². The Morgan fingerprint density at radius 1 is 1.10 bits per heavy atom. The van der Waals surface area contributed by atoms with Crippen LogP contribution >= 0.6 is 22.7 Å². The normalized spacial score (nSPS) is 11.0. The molecule has 0 aliphatic heterocycles. The fourth-order valence-electron chi connectivity index (χ4n) is 3.01. The maximum absolute atomic E-state index is 13.1. The highest BCUT2D eigenvalue weighted by Crippen LogP contribution is 2.29. The first-order valence-electron chi connectivity index (χ1n) is 9.90. The average molecular weight is 454 g/mol. The maximum Gasteiger partial charge on any atom is 0.234 e. The van der Waals surface area contributed by atoms with Gasteiger partial charge in [-0.05, 0) is 31.2 Å². The van der Waals surface area contributed by atoms with Gasteiger partial charge in [-0.3, -0.25) is 9.69 Å². The summed E-state index contributed by atoms with van der Waals surface area (Å²) in [7, 11) is 1.63. The van der Waals surface area contributed by atoms with Crippen molar-refractivity contribution in [1.29, 1.82) is 0 Å².